The molecule has 0 fully saturated rings. The fourth-order valence-electron chi connectivity index (χ4n) is 4.20. The van der Waals surface area contributed by atoms with Crippen LogP contribution in [0.2, 0.25) is 5.02 Å². The van der Waals surface area contributed by atoms with Crippen LogP contribution in [0.3, 0.4) is 0 Å². The zero-order valence-electron chi connectivity index (χ0n) is 20.3. The molecule has 184 valence electrons. The molecule has 1 atom stereocenters. The first-order chi connectivity index (χ1) is 16.3. The van der Waals surface area contributed by atoms with Gasteiger partial charge in [0.1, 0.15) is 18.1 Å². The van der Waals surface area contributed by atoms with Crippen molar-refractivity contribution in [2.75, 3.05) is 33.4 Å². The SMILES string of the molecule is CC(C)C[C@H]1COc2ccccc2C(=O)N(C)CCCCCN1C(=O)COc1cccc(Cl)c1. The van der Waals surface area contributed by atoms with Gasteiger partial charge in [-0.15, -0.1) is 0 Å². The lowest BCUT2D eigenvalue weighted by Gasteiger charge is -2.33. The smallest absolute Gasteiger partial charge is 0.260 e. The molecule has 0 unspecified atom stereocenters. The number of carbonyl (C=O) groups is 2. The van der Waals surface area contributed by atoms with Crippen molar-refractivity contribution in [3.8, 4) is 11.5 Å². The number of halogens is 1. The fourth-order valence-corrected chi connectivity index (χ4v) is 4.38. The highest BCUT2D eigenvalue weighted by molar-refractivity contribution is 6.30. The Bertz CT molecular complexity index is 965. The minimum absolute atomic E-state index is 0.0434. The van der Waals surface area contributed by atoms with Crippen molar-refractivity contribution < 1.29 is 19.1 Å². The Hall–Kier alpha value is -2.73. The van der Waals surface area contributed by atoms with E-state index in [1.807, 2.05) is 30.1 Å². The third-order valence-electron chi connectivity index (χ3n) is 5.95. The van der Waals surface area contributed by atoms with Crippen LogP contribution < -0.4 is 9.47 Å². The van der Waals surface area contributed by atoms with Crippen molar-refractivity contribution in [1.29, 1.82) is 0 Å². The molecule has 6 nitrogen and oxygen atoms in total. The molecule has 34 heavy (non-hydrogen) atoms. The van der Waals surface area contributed by atoms with Crippen LogP contribution in [0.15, 0.2) is 48.5 Å². The van der Waals surface area contributed by atoms with Gasteiger partial charge in [-0.1, -0.05) is 43.6 Å². The van der Waals surface area contributed by atoms with E-state index in [1.165, 1.54) is 0 Å². The number of hydrogen-bond acceptors (Lipinski definition) is 4. The highest BCUT2D eigenvalue weighted by Gasteiger charge is 2.27. The number of carbonyl (C=O) groups excluding carboxylic acids is 2. The monoisotopic (exact) mass is 486 g/mol. The Morgan fingerprint density at radius 1 is 1.12 bits per heavy atom. The summed E-state index contributed by atoms with van der Waals surface area (Å²) in [5.74, 6) is 1.37. The Labute approximate surface area is 207 Å². The quantitative estimate of drug-likeness (QED) is 0.575. The van der Waals surface area contributed by atoms with Crippen molar-refractivity contribution in [1.82, 2.24) is 9.80 Å². The molecule has 0 saturated heterocycles. The molecule has 0 radical (unpaired) electrons. The second-order valence-corrected chi connectivity index (χ2v) is 9.65. The molecule has 2 aromatic carbocycles. The van der Waals surface area contributed by atoms with Gasteiger partial charge in [-0.25, -0.2) is 0 Å². The van der Waals surface area contributed by atoms with Gasteiger partial charge >= 0.3 is 0 Å². The van der Waals surface area contributed by atoms with E-state index in [1.54, 1.807) is 35.2 Å². The van der Waals surface area contributed by atoms with Gasteiger partial charge in [-0.3, -0.25) is 9.59 Å². The standard InChI is InChI=1S/C27H35ClN2O4/c1-20(2)16-22-18-34-25-13-6-5-12-24(25)27(32)29(3)14-7-4-8-15-30(22)26(31)19-33-23-11-9-10-21(28)17-23/h5-6,9-13,17,20,22H,4,7-8,14-16,18-19H2,1-3H3/t22-/m0/s1. The van der Waals surface area contributed by atoms with E-state index in [0.29, 0.717) is 47.7 Å². The Balaban J connectivity index is 1.81. The van der Waals surface area contributed by atoms with Gasteiger partial charge in [-0.2, -0.15) is 0 Å². The molecule has 0 aliphatic carbocycles. The van der Waals surface area contributed by atoms with Crippen molar-refractivity contribution in [3.63, 3.8) is 0 Å². The minimum atomic E-state index is -0.128. The van der Waals surface area contributed by atoms with Gasteiger partial charge in [0.25, 0.3) is 11.8 Å². The molecule has 0 aromatic heterocycles. The molecule has 3 rings (SSSR count). The van der Waals surface area contributed by atoms with Gasteiger partial charge in [0, 0.05) is 25.2 Å². The zero-order valence-corrected chi connectivity index (χ0v) is 21.1. The lowest BCUT2D eigenvalue weighted by Crippen LogP contribution is -2.47. The molecule has 1 aliphatic heterocycles. The Morgan fingerprint density at radius 2 is 1.88 bits per heavy atom. The van der Waals surface area contributed by atoms with Gasteiger partial charge in [0.2, 0.25) is 0 Å². The third kappa shape index (κ3) is 7.39. The lowest BCUT2D eigenvalue weighted by molar-refractivity contribution is -0.137. The third-order valence-corrected chi connectivity index (χ3v) is 6.19. The summed E-state index contributed by atoms with van der Waals surface area (Å²) in [7, 11) is 1.82. The Kier molecular flexibility index (Phi) is 9.63. The van der Waals surface area contributed by atoms with Crippen LogP contribution in [-0.2, 0) is 4.79 Å². The highest BCUT2D eigenvalue weighted by Crippen LogP contribution is 2.23. The van der Waals surface area contributed by atoms with Gasteiger partial charge < -0.3 is 19.3 Å². The molecular weight excluding hydrogens is 452 g/mol. The summed E-state index contributed by atoms with van der Waals surface area (Å²) in [6.07, 6.45) is 3.44. The van der Waals surface area contributed by atoms with Crippen molar-refractivity contribution >= 4 is 23.4 Å². The van der Waals surface area contributed by atoms with Crippen molar-refractivity contribution in [2.45, 2.75) is 45.6 Å². The maximum absolute atomic E-state index is 13.3. The van der Waals surface area contributed by atoms with Gasteiger partial charge in [-0.05, 0) is 61.9 Å². The number of nitrogens with zero attached hydrogens (tertiary/aromatic N) is 2. The molecule has 2 aromatic rings. The Morgan fingerprint density at radius 3 is 2.65 bits per heavy atom. The number of ether oxygens (including phenoxy) is 2. The number of rotatable bonds is 5. The van der Waals surface area contributed by atoms with Crippen LogP contribution >= 0.6 is 11.6 Å². The average molecular weight is 487 g/mol. The zero-order chi connectivity index (χ0) is 24.5. The molecule has 7 heteroatoms. The number of amides is 2. The minimum Gasteiger partial charge on any atom is -0.491 e. The van der Waals surface area contributed by atoms with Crippen LogP contribution in [-0.4, -0.2) is 61.0 Å². The maximum atomic E-state index is 13.3. The fraction of sp³-hybridized carbons (Fsp3) is 0.481. The summed E-state index contributed by atoms with van der Waals surface area (Å²) in [6.45, 7) is 5.81. The molecule has 0 spiro atoms. The number of hydrogen-bond donors (Lipinski definition) is 0. The second kappa shape index (κ2) is 12.7. The first-order valence-corrected chi connectivity index (χ1v) is 12.4. The molecule has 2 amide bonds. The van der Waals surface area contributed by atoms with E-state index in [9.17, 15) is 9.59 Å². The van der Waals surface area contributed by atoms with Crippen molar-refractivity contribution in [2.24, 2.45) is 5.92 Å². The second-order valence-electron chi connectivity index (χ2n) is 9.21. The molecule has 0 N–H and O–H groups in total. The molecule has 1 aliphatic rings. The number of fused-ring (bicyclic) bond motifs is 1. The van der Waals surface area contributed by atoms with Crippen molar-refractivity contribution in [3.05, 3.63) is 59.1 Å². The van der Waals surface area contributed by atoms with Gasteiger partial charge in [0.15, 0.2) is 6.61 Å². The van der Waals surface area contributed by atoms with Crippen LogP contribution in [0.4, 0.5) is 0 Å². The normalized spacial score (nSPS) is 17.8. The largest absolute Gasteiger partial charge is 0.491 e. The van der Waals surface area contributed by atoms with Crippen LogP contribution in [0, 0.1) is 5.92 Å². The predicted octanol–water partition coefficient (Wildman–Crippen LogP) is 5.30. The summed E-state index contributed by atoms with van der Waals surface area (Å²) in [5.41, 5.74) is 0.551. The van der Waals surface area contributed by atoms with Crippen LogP contribution in [0.5, 0.6) is 11.5 Å². The highest BCUT2D eigenvalue weighted by atomic mass is 35.5. The summed E-state index contributed by atoms with van der Waals surface area (Å²) in [6, 6.07) is 14.3. The summed E-state index contributed by atoms with van der Waals surface area (Å²) >= 11 is 6.05. The topological polar surface area (TPSA) is 59.1 Å². The molecular formula is C27H35ClN2O4. The number of para-hydroxylation sites is 1. The summed E-state index contributed by atoms with van der Waals surface area (Å²) < 4.78 is 12.0. The average Bonchev–Trinajstić information content (AvgIpc) is 2.82. The number of benzene rings is 2. The maximum Gasteiger partial charge on any atom is 0.260 e. The summed E-state index contributed by atoms with van der Waals surface area (Å²) in [5, 5.41) is 0.566. The van der Waals surface area contributed by atoms with Gasteiger partial charge in [0.05, 0.1) is 11.6 Å². The van der Waals surface area contributed by atoms with E-state index >= 15 is 0 Å². The first-order valence-electron chi connectivity index (χ1n) is 12.0. The molecule has 1 heterocycles. The summed E-state index contributed by atoms with van der Waals surface area (Å²) in [4.78, 5) is 29.9. The first kappa shape index (κ1) is 25.9. The lowest BCUT2D eigenvalue weighted by atomic mass is 10.0. The van der Waals surface area contributed by atoms with E-state index in [4.69, 9.17) is 21.1 Å². The predicted molar refractivity (Wildman–Crippen MR) is 135 cm³/mol. The van der Waals surface area contributed by atoms with Crippen LogP contribution in [0.25, 0.3) is 0 Å². The van der Waals surface area contributed by atoms with E-state index in [2.05, 4.69) is 13.8 Å². The molecule has 0 bridgehead atoms. The van der Waals surface area contributed by atoms with E-state index < -0.39 is 0 Å². The van der Waals surface area contributed by atoms with E-state index in [-0.39, 0.29) is 24.5 Å². The van der Waals surface area contributed by atoms with E-state index in [0.717, 1.165) is 25.7 Å². The molecule has 0 saturated carbocycles. The van der Waals surface area contributed by atoms with Crippen LogP contribution in [0.1, 0.15) is 49.9 Å².